The molecule has 1 aromatic rings. The van der Waals surface area contributed by atoms with Crippen LogP contribution in [0, 0.1) is 0 Å². The topological polar surface area (TPSA) is 122 Å². The van der Waals surface area contributed by atoms with Crippen molar-refractivity contribution in [2.75, 3.05) is 7.11 Å². The van der Waals surface area contributed by atoms with Gasteiger partial charge in [0.15, 0.2) is 0 Å². The van der Waals surface area contributed by atoms with E-state index in [0.717, 1.165) is 5.56 Å². The third kappa shape index (κ3) is 6.16. The average Bonchev–Trinajstić information content (AvgIpc) is 2.53. The van der Waals surface area contributed by atoms with E-state index in [1.165, 1.54) is 7.11 Å². The summed E-state index contributed by atoms with van der Waals surface area (Å²) in [6.45, 7) is 0. The van der Waals surface area contributed by atoms with Gasteiger partial charge in [0.05, 0.1) is 13.5 Å². The normalized spacial score (nSPS) is 12.6. The zero-order valence-corrected chi connectivity index (χ0v) is 12.5. The van der Waals surface area contributed by atoms with E-state index in [1.807, 2.05) is 6.07 Å². The molecule has 8 nitrogen and oxygen atoms in total. The summed E-state index contributed by atoms with van der Waals surface area (Å²) in [5, 5.41) is 13.3. The molecular formula is C15H18N2O6. The van der Waals surface area contributed by atoms with Crippen LogP contribution in [0.5, 0.6) is 0 Å². The maximum atomic E-state index is 12.1. The summed E-state index contributed by atoms with van der Waals surface area (Å²) in [6.07, 6.45) is -0.179. The number of aliphatic carboxylic acids is 1. The van der Waals surface area contributed by atoms with Crippen molar-refractivity contribution >= 4 is 24.3 Å². The second kappa shape index (κ2) is 9.19. The highest BCUT2D eigenvalue weighted by Gasteiger charge is 2.27. The molecule has 1 rings (SSSR count). The van der Waals surface area contributed by atoms with Crippen molar-refractivity contribution < 1.29 is 29.0 Å². The molecule has 2 atom stereocenters. The Morgan fingerprint density at radius 1 is 1.22 bits per heavy atom. The quantitative estimate of drug-likeness (QED) is 0.415. The highest BCUT2D eigenvalue weighted by molar-refractivity contribution is 5.91. The molecule has 0 aliphatic rings. The van der Waals surface area contributed by atoms with E-state index in [2.05, 4.69) is 15.4 Å². The maximum absolute atomic E-state index is 12.1. The van der Waals surface area contributed by atoms with Crippen molar-refractivity contribution in [3.05, 3.63) is 35.9 Å². The summed E-state index contributed by atoms with van der Waals surface area (Å²) in [7, 11) is 1.19. The number of rotatable bonds is 9. The maximum Gasteiger partial charge on any atom is 0.328 e. The van der Waals surface area contributed by atoms with Crippen LogP contribution in [0.1, 0.15) is 12.0 Å². The van der Waals surface area contributed by atoms with Gasteiger partial charge in [-0.05, 0) is 5.56 Å². The molecule has 8 heteroatoms. The summed E-state index contributed by atoms with van der Waals surface area (Å²) in [5.74, 6) is -2.69. The van der Waals surface area contributed by atoms with Gasteiger partial charge in [-0.2, -0.15) is 0 Å². The minimum absolute atomic E-state index is 0.181. The number of benzene rings is 1. The van der Waals surface area contributed by atoms with E-state index >= 15 is 0 Å². The molecule has 1 unspecified atom stereocenters. The molecule has 0 bridgehead atoms. The van der Waals surface area contributed by atoms with Crippen LogP contribution in [0.25, 0.3) is 0 Å². The minimum atomic E-state index is -1.27. The predicted molar refractivity (Wildman–Crippen MR) is 79.3 cm³/mol. The molecule has 0 aromatic heterocycles. The number of amides is 2. The third-order valence-corrected chi connectivity index (χ3v) is 3.05. The fourth-order valence-corrected chi connectivity index (χ4v) is 1.94. The van der Waals surface area contributed by atoms with Gasteiger partial charge in [-0.15, -0.1) is 0 Å². The van der Waals surface area contributed by atoms with Gasteiger partial charge in [0.2, 0.25) is 12.3 Å². The lowest BCUT2D eigenvalue weighted by molar-refractivity contribution is -0.145. The Kier molecular flexibility index (Phi) is 7.25. The fourth-order valence-electron chi connectivity index (χ4n) is 1.94. The van der Waals surface area contributed by atoms with Crippen LogP contribution in [-0.2, 0) is 30.3 Å². The number of carbonyl (C=O) groups is 4. The molecular weight excluding hydrogens is 304 g/mol. The molecule has 0 fully saturated rings. The molecule has 0 aliphatic heterocycles. The zero-order chi connectivity index (χ0) is 17.2. The Morgan fingerprint density at radius 2 is 1.87 bits per heavy atom. The van der Waals surface area contributed by atoms with Gasteiger partial charge in [0.25, 0.3) is 0 Å². The van der Waals surface area contributed by atoms with E-state index in [1.54, 1.807) is 24.3 Å². The van der Waals surface area contributed by atoms with Crippen LogP contribution >= 0.6 is 0 Å². The molecule has 0 heterocycles. The average molecular weight is 322 g/mol. The van der Waals surface area contributed by atoms with Crippen LogP contribution in [-0.4, -0.2) is 48.6 Å². The summed E-state index contributed by atoms with van der Waals surface area (Å²) in [6, 6.07) is 6.68. The highest BCUT2D eigenvalue weighted by Crippen LogP contribution is 2.05. The Morgan fingerprint density at radius 3 is 2.39 bits per heavy atom. The predicted octanol–water partition coefficient (Wildman–Crippen LogP) is -0.524. The molecule has 0 radical (unpaired) electrons. The molecule has 3 N–H and O–H groups in total. The van der Waals surface area contributed by atoms with Gasteiger partial charge in [-0.1, -0.05) is 30.3 Å². The summed E-state index contributed by atoms with van der Waals surface area (Å²) >= 11 is 0. The molecule has 0 spiro atoms. The number of carboxylic acid groups (broad SMARTS) is 1. The van der Waals surface area contributed by atoms with E-state index in [9.17, 15) is 19.2 Å². The van der Waals surface area contributed by atoms with Gasteiger partial charge in [0.1, 0.15) is 12.1 Å². The Hall–Kier alpha value is -2.90. The number of nitrogens with one attached hydrogen (secondary N) is 2. The van der Waals surface area contributed by atoms with Crippen molar-refractivity contribution in [3.63, 3.8) is 0 Å². The highest BCUT2D eigenvalue weighted by atomic mass is 16.5. The number of hydrogen-bond acceptors (Lipinski definition) is 5. The first-order chi connectivity index (χ1) is 11.0. The van der Waals surface area contributed by atoms with Gasteiger partial charge < -0.3 is 20.5 Å². The largest absolute Gasteiger partial charge is 0.481 e. The monoisotopic (exact) mass is 322 g/mol. The van der Waals surface area contributed by atoms with E-state index in [4.69, 9.17) is 5.11 Å². The van der Waals surface area contributed by atoms with Gasteiger partial charge in [-0.3, -0.25) is 14.4 Å². The standard InChI is InChI=1S/C15H18N2O6/c1-23-15(22)12(7-10-5-3-2-4-6-10)17-14(21)11(16-9-18)8-13(19)20/h2-6,9,11-12H,7-8H2,1H3,(H,16,18)(H,17,21)(H,19,20)/t11?,12-/m0/s1. The lowest BCUT2D eigenvalue weighted by Crippen LogP contribution is -2.51. The van der Waals surface area contributed by atoms with Crippen LogP contribution < -0.4 is 10.6 Å². The molecule has 23 heavy (non-hydrogen) atoms. The van der Waals surface area contributed by atoms with E-state index in [-0.39, 0.29) is 12.8 Å². The van der Waals surface area contributed by atoms with Crippen molar-refractivity contribution in [3.8, 4) is 0 Å². The minimum Gasteiger partial charge on any atom is -0.481 e. The van der Waals surface area contributed by atoms with Crippen molar-refractivity contribution in [1.82, 2.24) is 10.6 Å². The van der Waals surface area contributed by atoms with Crippen LogP contribution in [0.4, 0.5) is 0 Å². The number of esters is 1. The third-order valence-electron chi connectivity index (χ3n) is 3.05. The van der Waals surface area contributed by atoms with Crippen LogP contribution in [0.2, 0.25) is 0 Å². The second-order valence-corrected chi connectivity index (χ2v) is 4.71. The molecule has 2 amide bonds. The lowest BCUT2D eigenvalue weighted by Gasteiger charge is -2.20. The second-order valence-electron chi connectivity index (χ2n) is 4.71. The number of carboxylic acids is 1. The first-order valence-corrected chi connectivity index (χ1v) is 6.81. The number of carbonyl (C=O) groups excluding carboxylic acids is 3. The van der Waals surface area contributed by atoms with Crippen molar-refractivity contribution in [2.24, 2.45) is 0 Å². The summed E-state index contributed by atoms with van der Waals surface area (Å²) in [5.41, 5.74) is 0.793. The van der Waals surface area contributed by atoms with Crippen LogP contribution in [0.15, 0.2) is 30.3 Å². The summed E-state index contributed by atoms with van der Waals surface area (Å²) < 4.78 is 4.65. The van der Waals surface area contributed by atoms with E-state index in [0.29, 0.717) is 0 Å². The smallest absolute Gasteiger partial charge is 0.328 e. The Labute approximate surface area is 132 Å². The molecule has 0 aliphatic carbocycles. The number of methoxy groups -OCH3 is 1. The van der Waals surface area contributed by atoms with Crippen molar-refractivity contribution in [1.29, 1.82) is 0 Å². The first kappa shape index (κ1) is 18.1. The van der Waals surface area contributed by atoms with Gasteiger partial charge >= 0.3 is 11.9 Å². The number of hydrogen-bond donors (Lipinski definition) is 3. The molecule has 0 saturated heterocycles. The van der Waals surface area contributed by atoms with Gasteiger partial charge in [-0.25, -0.2) is 4.79 Å². The van der Waals surface area contributed by atoms with Crippen molar-refractivity contribution in [2.45, 2.75) is 24.9 Å². The molecule has 1 aromatic carbocycles. The van der Waals surface area contributed by atoms with Gasteiger partial charge in [0, 0.05) is 6.42 Å². The lowest BCUT2D eigenvalue weighted by atomic mass is 10.1. The van der Waals surface area contributed by atoms with Crippen LogP contribution in [0.3, 0.4) is 0 Å². The molecule has 124 valence electrons. The summed E-state index contributed by atoms with van der Waals surface area (Å²) in [4.78, 5) is 45.1. The Bertz CT molecular complexity index is 560. The fraction of sp³-hybridized carbons (Fsp3) is 0.333. The molecule has 0 saturated carbocycles. The van der Waals surface area contributed by atoms with E-state index < -0.39 is 36.4 Å². The number of ether oxygens (including phenoxy) is 1. The zero-order valence-electron chi connectivity index (χ0n) is 12.5. The SMILES string of the molecule is COC(=O)[C@H](Cc1ccccc1)NC(=O)C(CC(=O)O)NC=O. The Balaban J connectivity index is 2.82. The first-order valence-electron chi connectivity index (χ1n) is 6.81.